The Morgan fingerprint density at radius 3 is 2.12 bits per heavy atom. The number of hydrogen-bond donors (Lipinski definition) is 0. The van der Waals surface area contributed by atoms with Crippen molar-refractivity contribution in [2.24, 2.45) is 0 Å². The molecule has 2 aromatic heterocycles. The molecule has 0 amide bonds. The van der Waals surface area contributed by atoms with Gasteiger partial charge in [-0.05, 0) is 19.1 Å². The lowest BCUT2D eigenvalue weighted by atomic mass is 10.2. The fourth-order valence-corrected chi connectivity index (χ4v) is 4.98. The summed E-state index contributed by atoms with van der Waals surface area (Å²) in [5.74, 6) is 1.63. The fourth-order valence-electron chi connectivity index (χ4n) is 3.46. The summed E-state index contributed by atoms with van der Waals surface area (Å²) in [5.41, 5.74) is 0.534. The molecule has 0 unspecified atom stereocenters. The molecule has 33 heavy (non-hydrogen) atoms. The smallest absolute Gasteiger partial charge is 0.163 e. The van der Waals surface area contributed by atoms with Crippen molar-refractivity contribution in [3.8, 4) is 17.2 Å². The number of halogens is 1. The lowest BCUT2D eigenvalue weighted by Crippen LogP contribution is -2.30. The summed E-state index contributed by atoms with van der Waals surface area (Å²) in [5, 5.41) is 7.76. The maximum absolute atomic E-state index is 13.4. The van der Waals surface area contributed by atoms with Crippen LogP contribution in [-0.4, -0.2) is 59.7 Å². The van der Waals surface area contributed by atoms with E-state index in [0.29, 0.717) is 34.5 Å². The highest BCUT2D eigenvalue weighted by molar-refractivity contribution is 7.91. The normalized spacial score (nSPS) is 13.5. The molecule has 10 nitrogen and oxygen atoms in total. The third-order valence-corrected chi connectivity index (χ3v) is 7.45. The Morgan fingerprint density at radius 1 is 1.03 bits per heavy atom. The third-order valence-electron chi connectivity index (χ3n) is 5.21. The van der Waals surface area contributed by atoms with Crippen molar-refractivity contribution in [3.63, 3.8) is 0 Å². The molecule has 0 N–H and O–H groups in total. The van der Waals surface area contributed by atoms with Crippen LogP contribution in [0.4, 0.5) is 0 Å². The third kappa shape index (κ3) is 5.10. The van der Waals surface area contributed by atoms with Crippen LogP contribution in [0.3, 0.4) is 0 Å². The van der Waals surface area contributed by atoms with Crippen molar-refractivity contribution in [2.45, 2.75) is 37.4 Å². The van der Waals surface area contributed by atoms with Crippen LogP contribution in [0.2, 0.25) is 5.02 Å². The molecule has 2 heterocycles. The predicted octanol–water partition coefficient (Wildman–Crippen LogP) is 2.98. The van der Waals surface area contributed by atoms with E-state index >= 15 is 0 Å². The van der Waals surface area contributed by atoms with Crippen LogP contribution in [0.25, 0.3) is 5.69 Å². The number of sulfone groups is 1. The molecule has 178 valence electrons. The monoisotopic (exact) mass is 495 g/mol. The SMILES string of the molecule is CCc1nnc(CS(=O)(=O)[C@@H](C)[C@H](OC)c2ncc(Cl)cn2)n1-c1c(OC)cccc1OC. The van der Waals surface area contributed by atoms with Crippen LogP contribution in [0.15, 0.2) is 30.6 Å². The van der Waals surface area contributed by atoms with Gasteiger partial charge >= 0.3 is 0 Å². The lowest BCUT2D eigenvalue weighted by Gasteiger charge is -2.22. The zero-order chi connectivity index (χ0) is 24.2. The number of benzene rings is 1. The minimum atomic E-state index is -3.79. The van der Waals surface area contributed by atoms with Crippen molar-refractivity contribution in [1.29, 1.82) is 0 Å². The van der Waals surface area contributed by atoms with Gasteiger partial charge in [-0.2, -0.15) is 0 Å². The van der Waals surface area contributed by atoms with Gasteiger partial charge in [-0.25, -0.2) is 18.4 Å². The van der Waals surface area contributed by atoms with Gasteiger partial charge in [0.05, 0.1) is 24.5 Å². The van der Waals surface area contributed by atoms with Gasteiger partial charge in [0.1, 0.15) is 34.9 Å². The number of rotatable bonds is 10. The molecule has 0 spiro atoms. The molecular weight excluding hydrogens is 470 g/mol. The van der Waals surface area contributed by atoms with E-state index in [1.54, 1.807) is 29.7 Å². The topological polar surface area (TPSA) is 118 Å². The Hall–Kier alpha value is -2.76. The second-order valence-corrected chi connectivity index (χ2v) is 9.96. The molecule has 0 saturated heterocycles. The Balaban J connectivity index is 2.04. The number of para-hydroxylation sites is 1. The summed E-state index contributed by atoms with van der Waals surface area (Å²) in [4.78, 5) is 8.24. The summed E-state index contributed by atoms with van der Waals surface area (Å²) >= 11 is 5.85. The number of ether oxygens (including phenoxy) is 3. The molecule has 0 aliphatic rings. The fraction of sp³-hybridized carbons (Fsp3) is 0.429. The van der Waals surface area contributed by atoms with Gasteiger partial charge in [0.15, 0.2) is 21.5 Å². The zero-order valence-corrected chi connectivity index (χ0v) is 20.6. The summed E-state index contributed by atoms with van der Waals surface area (Å²) < 4.78 is 45.0. The number of aromatic nitrogens is 5. The first-order chi connectivity index (χ1) is 15.8. The van der Waals surface area contributed by atoms with Crippen molar-refractivity contribution in [2.75, 3.05) is 21.3 Å². The van der Waals surface area contributed by atoms with Crippen molar-refractivity contribution in [3.05, 3.63) is 53.1 Å². The molecule has 3 rings (SSSR count). The quantitative estimate of drug-likeness (QED) is 0.418. The van der Waals surface area contributed by atoms with Gasteiger partial charge in [-0.1, -0.05) is 24.6 Å². The van der Waals surface area contributed by atoms with E-state index in [-0.39, 0.29) is 11.6 Å². The largest absolute Gasteiger partial charge is 0.494 e. The van der Waals surface area contributed by atoms with E-state index in [2.05, 4.69) is 20.2 Å². The standard InChI is InChI=1S/C21H26ClN5O5S/c1-6-17-25-26-18(27(17)19-15(30-3)8-7-9-16(19)31-4)12-33(28,29)13(2)20(32-5)21-23-10-14(22)11-24-21/h7-11,13,20H,6,12H2,1-5H3/t13-,20-/m0/s1. The van der Waals surface area contributed by atoms with E-state index in [4.69, 9.17) is 25.8 Å². The maximum Gasteiger partial charge on any atom is 0.163 e. The Kier molecular flexibility index (Phi) is 7.88. The minimum Gasteiger partial charge on any atom is -0.494 e. The summed E-state index contributed by atoms with van der Waals surface area (Å²) in [6, 6.07) is 5.30. The maximum atomic E-state index is 13.4. The molecular formula is C21H26ClN5O5S. The first-order valence-corrected chi connectivity index (χ1v) is 12.2. The molecule has 0 radical (unpaired) electrons. The summed E-state index contributed by atoms with van der Waals surface area (Å²) in [6.07, 6.45) is 2.42. The highest BCUT2D eigenvalue weighted by Gasteiger charge is 2.35. The zero-order valence-electron chi connectivity index (χ0n) is 19.0. The van der Waals surface area contributed by atoms with Gasteiger partial charge < -0.3 is 14.2 Å². The molecule has 0 fully saturated rings. The van der Waals surface area contributed by atoms with Gasteiger partial charge in [0.25, 0.3) is 0 Å². The van der Waals surface area contributed by atoms with Crippen LogP contribution < -0.4 is 9.47 Å². The number of methoxy groups -OCH3 is 3. The van der Waals surface area contributed by atoms with Gasteiger partial charge in [-0.15, -0.1) is 10.2 Å². The van der Waals surface area contributed by atoms with E-state index < -0.39 is 26.9 Å². The van der Waals surface area contributed by atoms with E-state index in [1.807, 2.05) is 6.92 Å². The Bertz CT molecular complexity index is 1180. The molecule has 12 heteroatoms. The van der Waals surface area contributed by atoms with Crippen molar-refractivity contribution < 1.29 is 22.6 Å². The van der Waals surface area contributed by atoms with Crippen LogP contribution in [0.1, 0.15) is 37.4 Å². The molecule has 0 bridgehead atoms. The summed E-state index contributed by atoms with van der Waals surface area (Å²) in [6.45, 7) is 3.45. The Labute approximate surface area is 197 Å². The molecule has 3 aromatic rings. The minimum absolute atomic E-state index is 0.222. The van der Waals surface area contributed by atoms with Gasteiger partial charge in [-0.3, -0.25) is 4.57 Å². The molecule has 1 aromatic carbocycles. The number of hydrogen-bond acceptors (Lipinski definition) is 9. The molecule has 2 atom stereocenters. The second kappa shape index (κ2) is 10.4. The average molecular weight is 496 g/mol. The second-order valence-electron chi connectivity index (χ2n) is 7.16. The van der Waals surface area contributed by atoms with E-state index in [1.165, 1.54) is 33.7 Å². The first-order valence-electron chi connectivity index (χ1n) is 10.1. The van der Waals surface area contributed by atoms with Crippen LogP contribution in [0.5, 0.6) is 11.5 Å². The molecule has 0 aliphatic heterocycles. The first kappa shape index (κ1) is 24.9. The van der Waals surface area contributed by atoms with Crippen LogP contribution in [-0.2, 0) is 26.7 Å². The van der Waals surface area contributed by atoms with Crippen LogP contribution in [0, 0.1) is 0 Å². The lowest BCUT2D eigenvalue weighted by molar-refractivity contribution is 0.0948. The number of nitrogens with zero attached hydrogens (tertiary/aromatic N) is 5. The average Bonchev–Trinajstić information content (AvgIpc) is 3.21. The highest BCUT2D eigenvalue weighted by atomic mass is 35.5. The Morgan fingerprint density at radius 2 is 1.61 bits per heavy atom. The molecule has 0 aliphatic carbocycles. The predicted molar refractivity (Wildman–Crippen MR) is 123 cm³/mol. The van der Waals surface area contributed by atoms with Gasteiger partial charge in [0.2, 0.25) is 0 Å². The van der Waals surface area contributed by atoms with Crippen LogP contribution >= 0.6 is 11.6 Å². The van der Waals surface area contributed by atoms with Gasteiger partial charge in [0, 0.05) is 25.9 Å². The van der Waals surface area contributed by atoms with E-state index in [9.17, 15) is 8.42 Å². The van der Waals surface area contributed by atoms with Crippen molar-refractivity contribution >= 4 is 21.4 Å². The molecule has 0 saturated carbocycles. The summed E-state index contributed by atoms with van der Waals surface area (Å²) in [7, 11) is 0.678. The van der Waals surface area contributed by atoms with Crippen molar-refractivity contribution in [1.82, 2.24) is 24.7 Å². The number of aryl methyl sites for hydroxylation is 1. The highest BCUT2D eigenvalue weighted by Crippen LogP contribution is 2.35. The van der Waals surface area contributed by atoms with E-state index in [0.717, 1.165) is 0 Å².